The predicted molar refractivity (Wildman–Crippen MR) is 132 cm³/mol. The summed E-state index contributed by atoms with van der Waals surface area (Å²) in [5, 5.41) is 14.3. The van der Waals surface area contributed by atoms with Crippen molar-refractivity contribution in [3.8, 4) is 0 Å². The number of benzene rings is 1. The highest BCUT2D eigenvalue weighted by molar-refractivity contribution is 7.18. The largest absolute Gasteiger partial charge is 0.451 e. The van der Waals surface area contributed by atoms with Gasteiger partial charge in [0.2, 0.25) is 5.82 Å². The first kappa shape index (κ1) is 27.0. The van der Waals surface area contributed by atoms with Gasteiger partial charge in [0.15, 0.2) is 0 Å². The van der Waals surface area contributed by atoms with Crippen molar-refractivity contribution in [1.29, 1.82) is 0 Å². The number of carbonyl (C=O) groups is 1. The normalized spacial score (nSPS) is 15.0. The molecule has 3 aromatic rings. The Kier molecular flexibility index (Phi) is 8.48. The van der Waals surface area contributed by atoms with E-state index in [0.29, 0.717) is 17.2 Å². The Hall–Kier alpha value is -2.59. The van der Waals surface area contributed by atoms with Gasteiger partial charge in [0, 0.05) is 23.4 Å². The molecule has 0 spiro atoms. The molecule has 4 rings (SSSR count). The Bertz CT molecular complexity index is 1170. The molecule has 10 heteroatoms. The molecule has 1 aliphatic rings. The van der Waals surface area contributed by atoms with E-state index in [1.165, 1.54) is 25.7 Å². The van der Waals surface area contributed by atoms with E-state index in [4.69, 9.17) is 4.98 Å². The molecule has 0 radical (unpaired) electrons. The molecule has 1 aliphatic carbocycles. The van der Waals surface area contributed by atoms with E-state index in [2.05, 4.69) is 29.1 Å². The highest BCUT2D eigenvalue weighted by Crippen LogP contribution is 2.40. The molecule has 1 fully saturated rings. The molecule has 0 atom stereocenters. The number of halogens is 3. The summed E-state index contributed by atoms with van der Waals surface area (Å²) in [6, 6.07) is 4.56. The van der Waals surface area contributed by atoms with Crippen LogP contribution in [0.3, 0.4) is 0 Å². The molecule has 2 heterocycles. The van der Waals surface area contributed by atoms with Crippen LogP contribution in [0.2, 0.25) is 0 Å². The smallest absolute Gasteiger partial charge is 0.386 e. The minimum Gasteiger partial charge on any atom is -0.386 e. The molecular weight excluding hydrogens is 477 g/mol. The number of anilines is 1. The third kappa shape index (κ3) is 6.76. The summed E-state index contributed by atoms with van der Waals surface area (Å²) < 4.78 is 39.6. The molecule has 6 nitrogen and oxygen atoms in total. The van der Waals surface area contributed by atoms with Gasteiger partial charge in [-0.25, -0.2) is 15.0 Å². The fourth-order valence-electron chi connectivity index (χ4n) is 3.93. The Morgan fingerprint density at radius 1 is 1.14 bits per heavy atom. The van der Waals surface area contributed by atoms with Crippen LogP contribution in [-0.2, 0) is 11.8 Å². The molecule has 0 saturated heterocycles. The number of amides is 1. The zero-order valence-electron chi connectivity index (χ0n) is 20.4. The van der Waals surface area contributed by atoms with Crippen molar-refractivity contribution in [3.63, 3.8) is 0 Å². The number of thiazole rings is 1. The number of carbonyl (C=O) groups excluding carboxylic acids is 1. The SMILES string of the molecule is CC(C)(O)c1cc2nc(C3CCCCC3)sc2cc1NC(=O)c1ccnc(C(F)(F)F)n1.CCC. The Morgan fingerprint density at radius 3 is 2.40 bits per heavy atom. The number of hydrogen-bond donors (Lipinski definition) is 2. The van der Waals surface area contributed by atoms with E-state index >= 15 is 0 Å². The first-order valence-electron chi connectivity index (χ1n) is 11.8. The van der Waals surface area contributed by atoms with E-state index in [-0.39, 0.29) is 0 Å². The summed E-state index contributed by atoms with van der Waals surface area (Å²) in [7, 11) is 0. The van der Waals surface area contributed by atoms with Crippen LogP contribution in [0.1, 0.15) is 99.0 Å². The van der Waals surface area contributed by atoms with E-state index in [0.717, 1.165) is 40.3 Å². The Morgan fingerprint density at radius 2 is 1.80 bits per heavy atom. The lowest BCUT2D eigenvalue weighted by Crippen LogP contribution is -2.22. The van der Waals surface area contributed by atoms with Gasteiger partial charge in [-0.05, 0) is 44.9 Å². The number of aromatic nitrogens is 3. The molecule has 0 aliphatic heterocycles. The van der Waals surface area contributed by atoms with E-state index in [1.807, 2.05) is 0 Å². The molecule has 2 aromatic heterocycles. The summed E-state index contributed by atoms with van der Waals surface area (Å²) in [5.41, 5.74) is -0.271. The van der Waals surface area contributed by atoms with Crippen molar-refractivity contribution < 1.29 is 23.1 Å². The van der Waals surface area contributed by atoms with Crippen LogP contribution < -0.4 is 5.32 Å². The number of aliphatic hydroxyl groups is 1. The molecule has 1 aromatic carbocycles. The van der Waals surface area contributed by atoms with Crippen molar-refractivity contribution >= 4 is 33.1 Å². The standard InChI is InChI=1S/C22H23F3N4O2S.C3H8/c1-21(2,31)13-10-16-17(32-19(28-16)12-6-4-3-5-7-12)11-15(13)27-18(30)14-8-9-26-20(29-14)22(23,24)25;1-3-2/h8-12,31H,3-7H2,1-2H3,(H,27,30);3H2,1-2H3. The maximum atomic E-state index is 12.9. The van der Waals surface area contributed by atoms with Crippen molar-refractivity contribution in [2.75, 3.05) is 5.32 Å². The number of hydrogen-bond acceptors (Lipinski definition) is 6. The number of alkyl halides is 3. The van der Waals surface area contributed by atoms with Crippen LogP contribution in [0.25, 0.3) is 10.2 Å². The van der Waals surface area contributed by atoms with Crippen LogP contribution in [0, 0.1) is 0 Å². The van der Waals surface area contributed by atoms with Crippen molar-refractivity contribution in [2.45, 2.75) is 83.9 Å². The molecular formula is C25H31F3N4O2S. The van der Waals surface area contributed by atoms with Gasteiger partial charge in [-0.15, -0.1) is 11.3 Å². The molecule has 0 bridgehead atoms. The number of fused-ring (bicyclic) bond motifs is 1. The second kappa shape index (κ2) is 11.0. The average molecular weight is 509 g/mol. The maximum Gasteiger partial charge on any atom is 0.451 e. The van der Waals surface area contributed by atoms with Crippen molar-refractivity contribution in [1.82, 2.24) is 15.0 Å². The second-order valence-electron chi connectivity index (χ2n) is 9.24. The molecule has 2 N–H and O–H groups in total. The van der Waals surface area contributed by atoms with Gasteiger partial charge in [0.25, 0.3) is 5.91 Å². The van der Waals surface area contributed by atoms with Crippen LogP contribution in [0.4, 0.5) is 18.9 Å². The highest BCUT2D eigenvalue weighted by atomic mass is 32.1. The zero-order chi connectivity index (χ0) is 25.8. The molecule has 35 heavy (non-hydrogen) atoms. The minimum atomic E-state index is -4.76. The topological polar surface area (TPSA) is 88.0 Å². The molecule has 190 valence electrons. The fraction of sp³-hybridized carbons (Fsp3) is 0.520. The van der Waals surface area contributed by atoms with E-state index < -0.39 is 29.2 Å². The van der Waals surface area contributed by atoms with Gasteiger partial charge in [0.05, 0.1) is 20.8 Å². The van der Waals surface area contributed by atoms with E-state index in [1.54, 1.807) is 37.3 Å². The quantitative estimate of drug-likeness (QED) is 0.394. The van der Waals surface area contributed by atoms with Gasteiger partial charge >= 0.3 is 6.18 Å². The molecule has 0 unspecified atom stereocenters. The summed E-state index contributed by atoms with van der Waals surface area (Å²) >= 11 is 1.55. The van der Waals surface area contributed by atoms with Gasteiger partial charge in [0.1, 0.15) is 5.69 Å². The fourth-order valence-corrected chi connectivity index (χ4v) is 5.09. The third-order valence-electron chi connectivity index (χ3n) is 5.55. The number of nitrogens with one attached hydrogen (secondary N) is 1. The van der Waals surface area contributed by atoms with Gasteiger partial charge in [-0.3, -0.25) is 4.79 Å². The summed E-state index contributed by atoms with van der Waals surface area (Å²) in [6.07, 6.45) is 3.16. The van der Waals surface area contributed by atoms with Crippen molar-refractivity contribution in [2.24, 2.45) is 0 Å². The van der Waals surface area contributed by atoms with Crippen LogP contribution in [0.5, 0.6) is 0 Å². The van der Waals surface area contributed by atoms with Crippen LogP contribution in [-0.4, -0.2) is 26.0 Å². The summed E-state index contributed by atoms with van der Waals surface area (Å²) in [6.45, 7) is 7.40. The van der Waals surface area contributed by atoms with Crippen LogP contribution in [0.15, 0.2) is 24.4 Å². The Balaban J connectivity index is 0.00000108. The summed E-state index contributed by atoms with van der Waals surface area (Å²) in [5.74, 6) is -1.80. The third-order valence-corrected chi connectivity index (χ3v) is 6.73. The first-order valence-corrected chi connectivity index (χ1v) is 12.6. The Labute approximate surface area is 207 Å². The first-order chi connectivity index (χ1) is 16.4. The summed E-state index contributed by atoms with van der Waals surface area (Å²) in [4.78, 5) is 24.0. The van der Waals surface area contributed by atoms with Crippen LogP contribution >= 0.6 is 11.3 Å². The van der Waals surface area contributed by atoms with Crippen molar-refractivity contribution in [3.05, 3.63) is 46.5 Å². The number of nitrogens with zero attached hydrogens (tertiary/aromatic N) is 3. The second-order valence-corrected chi connectivity index (χ2v) is 10.3. The lowest BCUT2D eigenvalue weighted by molar-refractivity contribution is -0.145. The number of rotatable bonds is 4. The van der Waals surface area contributed by atoms with Gasteiger partial charge in [-0.1, -0.05) is 39.5 Å². The van der Waals surface area contributed by atoms with E-state index in [9.17, 15) is 23.1 Å². The monoisotopic (exact) mass is 508 g/mol. The maximum absolute atomic E-state index is 12.9. The zero-order valence-corrected chi connectivity index (χ0v) is 21.2. The molecule has 1 amide bonds. The minimum absolute atomic E-state index is 0.306. The average Bonchev–Trinajstić information content (AvgIpc) is 3.22. The molecule has 1 saturated carbocycles. The predicted octanol–water partition coefficient (Wildman–Crippen LogP) is 7.05. The highest BCUT2D eigenvalue weighted by Gasteiger charge is 2.35. The lowest BCUT2D eigenvalue weighted by Gasteiger charge is -2.22. The lowest BCUT2D eigenvalue weighted by atomic mass is 9.90. The van der Waals surface area contributed by atoms with Gasteiger partial charge in [-0.2, -0.15) is 13.2 Å². The van der Waals surface area contributed by atoms with Gasteiger partial charge < -0.3 is 10.4 Å².